The number of benzene rings is 1. The molecule has 0 unspecified atom stereocenters. The lowest BCUT2D eigenvalue weighted by molar-refractivity contribution is 0.193. The normalized spacial score (nSPS) is 20.3. The van der Waals surface area contributed by atoms with Crippen LogP contribution in [0.3, 0.4) is 0 Å². The molecule has 0 aliphatic carbocycles. The van der Waals surface area contributed by atoms with Gasteiger partial charge in [0.05, 0.1) is 19.6 Å². The van der Waals surface area contributed by atoms with Gasteiger partial charge in [0.15, 0.2) is 0 Å². The molecule has 0 saturated carbocycles. The van der Waals surface area contributed by atoms with Gasteiger partial charge in [-0.05, 0) is 17.7 Å². The van der Waals surface area contributed by atoms with Crippen LogP contribution < -0.4 is 10.1 Å². The van der Waals surface area contributed by atoms with Crippen LogP contribution in [0, 0.1) is 11.3 Å². The molecule has 0 amide bonds. The second kappa shape index (κ2) is 6.39. The van der Waals surface area contributed by atoms with E-state index in [-0.39, 0.29) is 0 Å². The van der Waals surface area contributed by atoms with Gasteiger partial charge in [0.1, 0.15) is 5.75 Å². The first kappa shape index (κ1) is 12.9. The first-order valence-electron chi connectivity index (χ1n) is 6.27. The van der Waals surface area contributed by atoms with Crippen LogP contribution in [-0.4, -0.2) is 37.7 Å². The number of nitrogens with zero attached hydrogens (tertiary/aromatic N) is 2. The quantitative estimate of drug-likeness (QED) is 0.870. The summed E-state index contributed by atoms with van der Waals surface area (Å²) in [5.74, 6) is 0.890. The topological polar surface area (TPSA) is 48.3 Å². The Labute approximate surface area is 108 Å². The molecular formula is C14H19N3O. The Morgan fingerprint density at radius 2 is 2.22 bits per heavy atom. The highest BCUT2D eigenvalue weighted by atomic mass is 16.5. The van der Waals surface area contributed by atoms with Gasteiger partial charge in [0.25, 0.3) is 0 Å². The lowest BCUT2D eigenvalue weighted by Crippen LogP contribution is -2.49. The molecule has 1 N–H and O–H groups in total. The zero-order chi connectivity index (χ0) is 12.8. The highest BCUT2D eigenvalue weighted by Gasteiger charge is 2.18. The van der Waals surface area contributed by atoms with Gasteiger partial charge in [-0.25, -0.2) is 0 Å². The third-order valence-electron chi connectivity index (χ3n) is 3.24. The Balaban J connectivity index is 1.90. The van der Waals surface area contributed by atoms with Gasteiger partial charge in [-0.3, -0.25) is 4.90 Å². The Kier molecular flexibility index (Phi) is 4.57. The molecule has 96 valence electrons. The summed E-state index contributed by atoms with van der Waals surface area (Å²) in [6.45, 7) is 3.88. The number of hydrogen-bond donors (Lipinski definition) is 1. The molecule has 1 aliphatic heterocycles. The largest absolute Gasteiger partial charge is 0.497 e. The van der Waals surface area contributed by atoms with E-state index in [2.05, 4.69) is 28.4 Å². The SMILES string of the molecule is COc1ccc(CN2CCN[C@H](CC#N)C2)cc1. The van der Waals surface area contributed by atoms with Crippen LogP contribution in [0.4, 0.5) is 0 Å². The van der Waals surface area contributed by atoms with Crippen molar-refractivity contribution in [3.63, 3.8) is 0 Å². The Morgan fingerprint density at radius 1 is 1.44 bits per heavy atom. The molecule has 18 heavy (non-hydrogen) atoms. The number of methoxy groups -OCH3 is 1. The van der Waals surface area contributed by atoms with Crippen LogP contribution >= 0.6 is 0 Å². The Bertz CT molecular complexity index is 410. The third kappa shape index (κ3) is 3.46. The van der Waals surface area contributed by atoms with Crippen LogP contribution in [0.2, 0.25) is 0 Å². The Hall–Kier alpha value is -1.57. The molecule has 1 aromatic rings. The van der Waals surface area contributed by atoms with Crippen LogP contribution in [0.1, 0.15) is 12.0 Å². The van der Waals surface area contributed by atoms with E-state index in [1.165, 1.54) is 5.56 Å². The monoisotopic (exact) mass is 245 g/mol. The highest BCUT2D eigenvalue weighted by molar-refractivity contribution is 5.27. The van der Waals surface area contributed by atoms with E-state index >= 15 is 0 Å². The summed E-state index contributed by atoms with van der Waals surface area (Å²) in [5.41, 5.74) is 1.29. The maximum atomic E-state index is 8.73. The van der Waals surface area contributed by atoms with Crippen molar-refractivity contribution in [1.29, 1.82) is 5.26 Å². The predicted molar refractivity (Wildman–Crippen MR) is 70.3 cm³/mol. The molecule has 1 atom stereocenters. The zero-order valence-corrected chi connectivity index (χ0v) is 10.7. The number of nitriles is 1. The summed E-state index contributed by atoms with van der Waals surface area (Å²) < 4.78 is 5.15. The van der Waals surface area contributed by atoms with Gasteiger partial charge in [-0.2, -0.15) is 5.26 Å². The van der Waals surface area contributed by atoms with E-state index in [9.17, 15) is 0 Å². The summed E-state index contributed by atoms with van der Waals surface area (Å²) in [6, 6.07) is 10.7. The fraction of sp³-hybridized carbons (Fsp3) is 0.500. The fourth-order valence-corrected chi connectivity index (χ4v) is 2.27. The number of ether oxygens (including phenoxy) is 1. The van der Waals surface area contributed by atoms with Gasteiger partial charge < -0.3 is 10.1 Å². The molecule has 1 heterocycles. The minimum Gasteiger partial charge on any atom is -0.497 e. The summed E-state index contributed by atoms with van der Waals surface area (Å²) in [4.78, 5) is 2.39. The van der Waals surface area contributed by atoms with Crippen molar-refractivity contribution in [2.75, 3.05) is 26.7 Å². The van der Waals surface area contributed by atoms with E-state index in [0.29, 0.717) is 12.5 Å². The second-order valence-corrected chi connectivity index (χ2v) is 4.60. The number of nitrogens with one attached hydrogen (secondary N) is 1. The van der Waals surface area contributed by atoms with Crippen molar-refractivity contribution >= 4 is 0 Å². The van der Waals surface area contributed by atoms with Gasteiger partial charge in [-0.1, -0.05) is 12.1 Å². The van der Waals surface area contributed by atoms with E-state index in [0.717, 1.165) is 31.9 Å². The number of piperazine rings is 1. The molecule has 1 aliphatic rings. The van der Waals surface area contributed by atoms with E-state index in [1.807, 2.05) is 12.1 Å². The maximum absolute atomic E-state index is 8.73. The molecule has 2 rings (SSSR count). The molecule has 4 nitrogen and oxygen atoms in total. The molecule has 1 fully saturated rings. The first-order chi connectivity index (χ1) is 8.81. The lowest BCUT2D eigenvalue weighted by Gasteiger charge is -2.32. The first-order valence-corrected chi connectivity index (χ1v) is 6.27. The van der Waals surface area contributed by atoms with Crippen molar-refractivity contribution in [2.45, 2.75) is 19.0 Å². The smallest absolute Gasteiger partial charge is 0.118 e. The average molecular weight is 245 g/mol. The average Bonchev–Trinajstić information content (AvgIpc) is 2.40. The van der Waals surface area contributed by atoms with Gasteiger partial charge in [-0.15, -0.1) is 0 Å². The van der Waals surface area contributed by atoms with E-state index in [1.54, 1.807) is 7.11 Å². The summed E-state index contributed by atoms with van der Waals surface area (Å²) >= 11 is 0. The zero-order valence-electron chi connectivity index (χ0n) is 10.7. The van der Waals surface area contributed by atoms with Crippen molar-refractivity contribution in [3.05, 3.63) is 29.8 Å². The van der Waals surface area contributed by atoms with Crippen molar-refractivity contribution in [2.24, 2.45) is 0 Å². The minimum absolute atomic E-state index is 0.307. The van der Waals surface area contributed by atoms with Crippen molar-refractivity contribution < 1.29 is 4.74 Å². The van der Waals surface area contributed by atoms with Crippen molar-refractivity contribution in [1.82, 2.24) is 10.2 Å². The number of rotatable bonds is 4. The molecule has 0 bridgehead atoms. The van der Waals surface area contributed by atoms with Crippen LogP contribution in [-0.2, 0) is 6.54 Å². The molecular weight excluding hydrogens is 226 g/mol. The molecule has 1 saturated heterocycles. The van der Waals surface area contributed by atoms with E-state index in [4.69, 9.17) is 10.00 Å². The lowest BCUT2D eigenvalue weighted by atomic mass is 10.1. The van der Waals surface area contributed by atoms with Crippen LogP contribution in [0.5, 0.6) is 5.75 Å². The van der Waals surface area contributed by atoms with Gasteiger partial charge in [0, 0.05) is 32.2 Å². The summed E-state index contributed by atoms with van der Waals surface area (Å²) in [7, 11) is 1.68. The standard InChI is InChI=1S/C14H19N3O/c1-18-14-4-2-12(3-5-14)10-17-9-8-16-13(11-17)6-7-15/h2-5,13,16H,6,8-11H2,1H3/t13-/m1/s1. The fourth-order valence-electron chi connectivity index (χ4n) is 2.27. The summed E-state index contributed by atoms with van der Waals surface area (Å²) in [6.07, 6.45) is 0.582. The molecule has 0 radical (unpaired) electrons. The minimum atomic E-state index is 0.307. The van der Waals surface area contributed by atoms with E-state index < -0.39 is 0 Å². The van der Waals surface area contributed by atoms with Gasteiger partial charge >= 0.3 is 0 Å². The predicted octanol–water partition coefficient (Wildman–Crippen LogP) is 1.38. The molecule has 1 aromatic carbocycles. The Morgan fingerprint density at radius 3 is 2.89 bits per heavy atom. The number of hydrogen-bond acceptors (Lipinski definition) is 4. The molecule has 4 heteroatoms. The third-order valence-corrected chi connectivity index (χ3v) is 3.24. The van der Waals surface area contributed by atoms with Crippen LogP contribution in [0.25, 0.3) is 0 Å². The molecule has 0 aromatic heterocycles. The van der Waals surface area contributed by atoms with Crippen molar-refractivity contribution in [3.8, 4) is 11.8 Å². The van der Waals surface area contributed by atoms with Crippen LogP contribution in [0.15, 0.2) is 24.3 Å². The van der Waals surface area contributed by atoms with Gasteiger partial charge in [0.2, 0.25) is 0 Å². The molecule has 0 spiro atoms. The summed E-state index contributed by atoms with van der Waals surface area (Å²) in [5, 5.41) is 12.1. The maximum Gasteiger partial charge on any atom is 0.118 e. The highest BCUT2D eigenvalue weighted by Crippen LogP contribution is 2.14. The second-order valence-electron chi connectivity index (χ2n) is 4.60.